The molecule has 0 bridgehead atoms. The molecule has 1 rings (SSSR count). The van der Waals surface area contributed by atoms with E-state index in [1.807, 2.05) is 0 Å². The Morgan fingerprint density at radius 3 is 2.37 bits per heavy atom. The van der Waals surface area contributed by atoms with E-state index >= 15 is 0 Å². The Morgan fingerprint density at radius 2 is 1.89 bits per heavy atom. The SMILES string of the molecule is C=C(C)C(=O)OC(CC)C(=O)Oc1ccc(Br)cc1. The van der Waals surface area contributed by atoms with Crippen LogP contribution >= 0.6 is 15.9 Å². The van der Waals surface area contributed by atoms with Gasteiger partial charge in [0.15, 0.2) is 6.10 Å². The van der Waals surface area contributed by atoms with E-state index in [0.717, 1.165) is 4.47 Å². The molecular weight excluding hydrogens is 312 g/mol. The van der Waals surface area contributed by atoms with Gasteiger partial charge in [-0.3, -0.25) is 0 Å². The van der Waals surface area contributed by atoms with Gasteiger partial charge in [0.2, 0.25) is 0 Å². The minimum Gasteiger partial charge on any atom is -0.447 e. The zero-order chi connectivity index (χ0) is 14.4. The molecule has 19 heavy (non-hydrogen) atoms. The predicted octanol–water partition coefficient (Wildman–Crippen LogP) is 3.25. The van der Waals surface area contributed by atoms with Crippen molar-refractivity contribution in [3.63, 3.8) is 0 Å². The Morgan fingerprint density at radius 1 is 1.32 bits per heavy atom. The number of carbonyl (C=O) groups is 2. The molecule has 0 amide bonds. The van der Waals surface area contributed by atoms with Crippen molar-refractivity contribution in [1.82, 2.24) is 0 Å². The lowest BCUT2D eigenvalue weighted by Crippen LogP contribution is -2.30. The molecule has 1 atom stereocenters. The van der Waals surface area contributed by atoms with Gasteiger partial charge in [-0.2, -0.15) is 0 Å². The van der Waals surface area contributed by atoms with Crippen molar-refractivity contribution >= 4 is 27.9 Å². The van der Waals surface area contributed by atoms with E-state index in [-0.39, 0.29) is 5.57 Å². The molecule has 4 nitrogen and oxygen atoms in total. The van der Waals surface area contributed by atoms with E-state index in [0.29, 0.717) is 12.2 Å². The van der Waals surface area contributed by atoms with Gasteiger partial charge in [-0.15, -0.1) is 0 Å². The first-order valence-electron chi connectivity index (χ1n) is 5.77. The minimum absolute atomic E-state index is 0.245. The largest absolute Gasteiger partial charge is 0.447 e. The van der Waals surface area contributed by atoms with Gasteiger partial charge in [0.1, 0.15) is 5.75 Å². The summed E-state index contributed by atoms with van der Waals surface area (Å²) in [6.45, 7) is 6.72. The third-order valence-corrected chi connectivity index (χ3v) is 2.79. The first kappa shape index (κ1) is 15.4. The Hall–Kier alpha value is -1.62. The molecular formula is C14H15BrO4. The van der Waals surface area contributed by atoms with Gasteiger partial charge in [0, 0.05) is 10.0 Å². The van der Waals surface area contributed by atoms with Crippen LogP contribution in [0.15, 0.2) is 40.9 Å². The molecule has 0 aliphatic heterocycles. The standard InChI is InChI=1S/C14H15BrO4/c1-4-12(19-13(16)9(2)3)14(17)18-11-7-5-10(15)6-8-11/h5-8,12H,2,4H2,1,3H3. The molecule has 0 heterocycles. The lowest BCUT2D eigenvalue weighted by molar-refractivity contribution is -0.159. The highest BCUT2D eigenvalue weighted by atomic mass is 79.9. The summed E-state index contributed by atoms with van der Waals surface area (Å²) in [5.41, 5.74) is 0.245. The van der Waals surface area contributed by atoms with E-state index in [1.54, 1.807) is 31.2 Å². The topological polar surface area (TPSA) is 52.6 Å². The van der Waals surface area contributed by atoms with Crippen molar-refractivity contribution < 1.29 is 19.1 Å². The molecule has 0 aliphatic carbocycles. The number of rotatable bonds is 5. The van der Waals surface area contributed by atoms with Crippen molar-refractivity contribution in [2.45, 2.75) is 26.4 Å². The maximum Gasteiger partial charge on any atom is 0.352 e. The number of esters is 2. The Balaban J connectivity index is 2.66. The average Bonchev–Trinajstić information content (AvgIpc) is 2.38. The molecule has 0 saturated heterocycles. The van der Waals surface area contributed by atoms with Crippen LogP contribution in [0.1, 0.15) is 20.3 Å². The number of ether oxygens (including phenoxy) is 2. The highest BCUT2D eigenvalue weighted by molar-refractivity contribution is 9.10. The minimum atomic E-state index is -0.923. The van der Waals surface area contributed by atoms with Gasteiger partial charge in [-0.05, 0) is 37.6 Å². The Bertz CT molecular complexity index is 479. The third kappa shape index (κ3) is 4.87. The number of halogens is 1. The summed E-state index contributed by atoms with van der Waals surface area (Å²) in [6.07, 6.45) is -0.582. The smallest absolute Gasteiger partial charge is 0.352 e. The number of benzene rings is 1. The summed E-state index contributed by atoms with van der Waals surface area (Å²) in [5, 5.41) is 0. The van der Waals surface area contributed by atoms with Gasteiger partial charge in [0.25, 0.3) is 0 Å². The highest BCUT2D eigenvalue weighted by Gasteiger charge is 2.23. The summed E-state index contributed by atoms with van der Waals surface area (Å²) < 4.78 is 11.0. The molecule has 0 saturated carbocycles. The third-order valence-electron chi connectivity index (χ3n) is 2.26. The molecule has 1 aromatic carbocycles. The van der Waals surface area contributed by atoms with E-state index in [9.17, 15) is 9.59 Å². The second-order valence-electron chi connectivity index (χ2n) is 3.96. The molecule has 0 spiro atoms. The first-order chi connectivity index (χ1) is 8.93. The second kappa shape index (κ2) is 7.09. The summed E-state index contributed by atoms with van der Waals surface area (Å²) in [7, 11) is 0. The molecule has 1 aromatic rings. The Kier molecular flexibility index (Phi) is 5.76. The van der Waals surface area contributed by atoms with Gasteiger partial charge < -0.3 is 9.47 Å². The zero-order valence-electron chi connectivity index (χ0n) is 10.8. The van der Waals surface area contributed by atoms with Gasteiger partial charge in [-0.1, -0.05) is 29.4 Å². The van der Waals surface area contributed by atoms with Crippen molar-refractivity contribution in [3.8, 4) is 5.75 Å². The summed E-state index contributed by atoms with van der Waals surface area (Å²) in [6, 6.07) is 6.80. The molecule has 102 valence electrons. The van der Waals surface area contributed by atoms with Gasteiger partial charge in [0.05, 0.1) is 0 Å². The van der Waals surface area contributed by atoms with Crippen LogP contribution in [-0.4, -0.2) is 18.0 Å². The predicted molar refractivity (Wildman–Crippen MR) is 74.8 cm³/mol. The van der Waals surface area contributed by atoms with Crippen LogP contribution < -0.4 is 4.74 Å². The molecule has 5 heteroatoms. The molecule has 0 aliphatic rings. The molecule has 0 fully saturated rings. The van der Waals surface area contributed by atoms with Crippen LogP contribution in [0.25, 0.3) is 0 Å². The summed E-state index contributed by atoms with van der Waals surface area (Å²) in [5.74, 6) is -0.794. The summed E-state index contributed by atoms with van der Waals surface area (Å²) >= 11 is 3.28. The van der Waals surface area contributed by atoms with E-state index in [1.165, 1.54) is 6.92 Å². The van der Waals surface area contributed by atoms with Crippen LogP contribution in [0.5, 0.6) is 5.75 Å². The van der Waals surface area contributed by atoms with Crippen molar-refractivity contribution in [2.75, 3.05) is 0 Å². The summed E-state index contributed by atoms with van der Waals surface area (Å²) in [4.78, 5) is 23.2. The van der Waals surface area contributed by atoms with Gasteiger partial charge in [-0.25, -0.2) is 9.59 Å². The highest BCUT2D eigenvalue weighted by Crippen LogP contribution is 2.17. The lowest BCUT2D eigenvalue weighted by atomic mass is 10.2. The normalized spacial score (nSPS) is 11.5. The van der Waals surface area contributed by atoms with Crippen molar-refractivity contribution in [1.29, 1.82) is 0 Å². The maximum atomic E-state index is 11.8. The van der Waals surface area contributed by atoms with E-state index in [2.05, 4.69) is 22.5 Å². The fraction of sp³-hybridized carbons (Fsp3) is 0.286. The Labute approximate surface area is 120 Å². The lowest BCUT2D eigenvalue weighted by Gasteiger charge is -2.15. The van der Waals surface area contributed by atoms with Crippen LogP contribution in [0, 0.1) is 0 Å². The fourth-order valence-corrected chi connectivity index (χ4v) is 1.48. The molecule has 1 unspecified atom stereocenters. The van der Waals surface area contributed by atoms with Crippen LogP contribution in [-0.2, 0) is 14.3 Å². The maximum absolute atomic E-state index is 11.8. The van der Waals surface area contributed by atoms with Crippen LogP contribution in [0.4, 0.5) is 0 Å². The van der Waals surface area contributed by atoms with Crippen LogP contribution in [0.2, 0.25) is 0 Å². The van der Waals surface area contributed by atoms with E-state index < -0.39 is 18.0 Å². The fourth-order valence-electron chi connectivity index (χ4n) is 1.21. The number of hydrogen-bond donors (Lipinski definition) is 0. The van der Waals surface area contributed by atoms with Crippen molar-refractivity contribution in [3.05, 3.63) is 40.9 Å². The average molecular weight is 327 g/mol. The quantitative estimate of drug-likeness (QED) is 0.473. The molecule has 0 radical (unpaired) electrons. The number of carbonyl (C=O) groups excluding carboxylic acids is 2. The monoisotopic (exact) mass is 326 g/mol. The van der Waals surface area contributed by atoms with Crippen molar-refractivity contribution in [2.24, 2.45) is 0 Å². The first-order valence-corrected chi connectivity index (χ1v) is 6.57. The van der Waals surface area contributed by atoms with E-state index in [4.69, 9.17) is 9.47 Å². The molecule has 0 N–H and O–H groups in total. The van der Waals surface area contributed by atoms with Gasteiger partial charge >= 0.3 is 11.9 Å². The number of hydrogen-bond acceptors (Lipinski definition) is 4. The second-order valence-corrected chi connectivity index (χ2v) is 4.87. The zero-order valence-corrected chi connectivity index (χ0v) is 12.4. The van der Waals surface area contributed by atoms with Crippen LogP contribution in [0.3, 0.4) is 0 Å². The molecule has 0 aromatic heterocycles.